The summed E-state index contributed by atoms with van der Waals surface area (Å²) < 4.78 is 0. The summed E-state index contributed by atoms with van der Waals surface area (Å²) in [5, 5.41) is 2.37. The fourth-order valence-corrected chi connectivity index (χ4v) is 1.48. The second-order valence-electron chi connectivity index (χ2n) is 3.03. The highest BCUT2D eigenvalue weighted by Crippen LogP contribution is 2.04. The second-order valence-corrected chi connectivity index (χ2v) is 3.03. The summed E-state index contributed by atoms with van der Waals surface area (Å²) in [5.74, 6) is 0. The summed E-state index contributed by atoms with van der Waals surface area (Å²) in [6.07, 6.45) is 2.85. The molecule has 2 heteroatoms. The molecule has 1 aliphatic heterocycles. The maximum absolute atomic E-state index is 2.56. The van der Waals surface area contributed by atoms with Crippen molar-refractivity contribution in [1.29, 1.82) is 0 Å². The third-order valence-electron chi connectivity index (χ3n) is 2.14. The number of likely N-dealkylation sites (tertiary alicyclic amines) is 1. The number of nitrogens with zero attached hydrogens (tertiary/aromatic N) is 1. The van der Waals surface area contributed by atoms with Gasteiger partial charge in [0, 0.05) is 6.54 Å². The van der Waals surface area contributed by atoms with E-state index in [-0.39, 0.29) is 0 Å². The molecule has 1 heterocycles. The topological polar surface area (TPSA) is 19.9 Å². The molecule has 1 rings (SSSR count). The molecule has 2 N–H and O–H groups in total. The van der Waals surface area contributed by atoms with Gasteiger partial charge >= 0.3 is 0 Å². The number of hydrogen-bond donors (Lipinski definition) is 1. The van der Waals surface area contributed by atoms with E-state index in [1.54, 1.807) is 0 Å². The molecular weight excluding hydrogens is 124 g/mol. The van der Waals surface area contributed by atoms with Crippen LogP contribution in [0.15, 0.2) is 0 Å². The van der Waals surface area contributed by atoms with Gasteiger partial charge in [-0.3, -0.25) is 4.90 Å². The Bertz CT molecular complexity index is 77.3. The Morgan fingerprint density at radius 1 is 1.30 bits per heavy atom. The average Bonchev–Trinajstić information content (AvgIpc) is 2.41. The molecule has 2 nitrogen and oxygen atoms in total. The standard InChI is InChI=1S/C8H18N2/c1-2-9-5-8-10-6-3-4-7-10/h9H,2-8H2,1H3/p+1. The summed E-state index contributed by atoms with van der Waals surface area (Å²) in [6.45, 7) is 8.72. The van der Waals surface area contributed by atoms with Gasteiger partial charge in [0.05, 0.1) is 13.1 Å². The van der Waals surface area contributed by atoms with Crippen molar-refractivity contribution in [3.8, 4) is 0 Å². The molecule has 0 spiro atoms. The first-order chi connectivity index (χ1) is 4.93. The van der Waals surface area contributed by atoms with Crippen molar-refractivity contribution in [2.24, 2.45) is 0 Å². The van der Waals surface area contributed by atoms with Crippen molar-refractivity contribution in [3.05, 3.63) is 0 Å². The predicted molar refractivity (Wildman–Crippen MR) is 43.0 cm³/mol. The molecule has 0 aromatic heterocycles. The lowest BCUT2D eigenvalue weighted by Crippen LogP contribution is -2.85. The Labute approximate surface area is 63.6 Å². The lowest BCUT2D eigenvalue weighted by molar-refractivity contribution is -0.651. The van der Waals surface area contributed by atoms with Crippen LogP contribution in [0.5, 0.6) is 0 Å². The average molecular weight is 143 g/mol. The molecule has 1 saturated heterocycles. The summed E-state index contributed by atoms with van der Waals surface area (Å²) in [7, 11) is 0. The third kappa shape index (κ3) is 2.67. The lowest BCUT2D eigenvalue weighted by atomic mass is 10.4. The van der Waals surface area contributed by atoms with Gasteiger partial charge in [-0.25, -0.2) is 0 Å². The quantitative estimate of drug-likeness (QED) is 0.534. The van der Waals surface area contributed by atoms with Crippen molar-refractivity contribution >= 4 is 0 Å². The van der Waals surface area contributed by atoms with Crippen molar-refractivity contribution in [3.63, 3.8) is 0 Å². The summed E-state index contributed by atoms with van der Waals surface area (Å²) in [6, 6.07) is 0. The van der Waals surface area contributed by atoms with Crippen LogP contribution in [0.1, 0.15) is 19.8 Å². The number of quaternary nitrogens is 1. The highest BCUT2D eigenvalue weighted by Gasteiger charge is 2.10. The second kappa shape index (κ2) is 4.69. The minimum Gasteiger partial charge on any atom is -0.345 e. The monoisotopic (exact) mass is 143 g/mol. The molecule has 10 heavy (non-hydrogen) atoms. The zero-order valence-electron chi connectivity index (χ0n) is 6.97. The third-order valence-corrected chi connectivity index (χ3v) is 2.14. The van der Waals surface area contributed by atoms with Gasteiger partial charge in [-0.15, -0.1) is 0 Å². The van der Waals surface area contributed by atoms with Crippen LogP contribution >= 0.6 is 0 Å². The molecular formula is C8H19N2+. The maximum Gasteiger partial charge on any atom is 0.0884 e. The fourth-order valence-electron chi connectivity index (χ4n) is 1.48. The van der Waals surface area contributed by atoms with Crippen LogP contribution in [0.3, 0.4) is 0 Å². The van der Waals surface area contributed by atoms with E-state index in [4.69, 9.17) is 0 Å². The lowest BCUT2D eigenvalue weighted by Gasteiger charge is -2.11. The van der Waals surface area contributed by atoms with E-state index in [1.807, 2.05) is 0 Å². The molecule has 0 amide bonds. The van der Waals surface area contributed by atoms with Gasteiger partial charge in [0.1, 0.15) is 0 Å². The molecule has 1 fully saturated rings. The molecule has 60 valence electrons. The van der Waals surface area contributed by atoms with Gasteiger partial charge < -0.3 is 5.32 Å². The van der Waals surface area contributed by atoms with Crippen LogP contribution in [0.25, 0.3) is 0 Å². The largest absolute Gasteiger partial charge is 0.345 e. The van der Waals surface area contributed by atoms with Gasteiger partial charge in [-0.05, 0) is 32.9 Å². The van der Waals surface area contributed by atoms with Gasteiger partial charge in [0.2, 0.25) is 0 Å². The highest BCUT2D eigenvalue weighted by atomic mass is 15.1. The van der Waals surface area contributed by atoms with Crippen LogP contribution < -0.4 is 5.32 Å². The Balaban J connectivity index is 1.91. The van der Waals surface area contributed by atoms with E-state index in [0.717, 1.165) is 0 Å². The number of rotatable bonds is 4. The van der Waals surface area contributed by atoms with Gasteiger partial charge in [0.25, 0.3) is 0 Å². The normalized spacial score (nSPS) is 20.1. The van der Waals surface area contributed by atoms with Crippen molar-refractivity contribution in [1.82, 2.24) is 4.90 Å². The smallest absolute Gasteiger partial charge is 0.0884 e. The van der Waals surface area contributed by atoms with Crippen LogP contribution in [0, 0.1) is 0 Å². The SMILES string of the molecule is CC[NH2+]CCN1CCCC1. The van der Waals surface area contributed by atoms with Crippen molar-refractivity contribution in [2.75, 3.05) is 32.7 Å². The molecule has 0 aliphatic carbocycles. The highest BCUT2D eigenvalue weighted by molar-refractivity contribution is 4.64. The minimum atomic E-state index is 1.23. The van der Waals surface area contributed by atoms with Gasteiger partial charge in [0.15, 0.2) is 0 Å². The summed E-state index contributed by atoms with van der Waals surface area (Å²) >= 11 is 0. The Kier molecular flexibility index (Phi) is 3.76. The Morgan fingerprint density at radius 2 is 2.00 bits per heavy atom. The minimum absolute atomic E-state index is 1.23. The molecule has 1 aliphatic rings. The van der Waals surface area contributed by atoms with E-state index in [2.05, 4.69) is 17.1 Å². The number of hydrogen-bond acceptors (Lipinski definition) is 1. The number of nitrogens with two attached hydrogens (primary N) is 1. The van der Waals surface area contributed by atoms with Crippen molar-refractivity contribution < 1.29 is 5.32 Å². The zero-order chi connectivity index (χ0) is 7.23. The maximum atomic E-state index is 2.56. The fraction of sp³-hybridized carbons (Fsp3) is 1.00. The Hall–Kier alpha value is -0.0800. The molecule has 0 atom stereocenters. The van der Waals surface area contributed by atoms with Gasteiger partial charge in [-0.1, -0.05) is 0 Å². The van der Waals surface area contributed by atoms with Crippen LogP contribution in [0.4, 0.5) is 0 Å². The number of likely N-dealkylation sites (N-methyl/N-ethyl adjacent to an activating group) is 1. The molecule has 0 aromatic rings. The van der Waals surface area contributed by atoms with Gasteiger partial charge in [-0.2, -0.15) is 0 Å². The first-order valence-corrected chi connectivity index (χ1v) is 4.47. The predicted octanol–water partition coefficient (Wildman–Crippen LogP) is -0.334. The molecule has 0 radical (unpaired) electrons. The van der Waals surface area contributed by atoms with E-state index >= 15 is 0 Å². The van der Waals surface area contributed by atoms with Crippen LogP contribution in [-0.4, -0.2) is 37.6 Å². The molecule has 0 unspecified atom stereocenters. The van der Waals surface area contributed by atoms with E-state index < -0.39 is 0 Å². The Morgan fingerprint density at radius 3 is 2.60 bits per heavy atom. The van der Waals surface area contributed by atoms with Crippen LogP contribution in [-0.2, 0) is 0 Å². The molecule has 0 saturated carbocycles. The zero-order valence-corrected chi connectivity index (χ0v) is 6.97. The first kappa shape index (κ1) is 8.02. The molecule has 0 bridgehead atoms. The first-order valence-electron chi connectivity index (χ1n) is 4.47. The van der Waals surface area contributed by atoms with E-state index in [9.17, 15) is 0 Å². The van der Waals surface area contributed by atoms with E-state index in [1.165, 1.54) is 45.6 Å². The van der Waals surface area contributed by atoms with Crippen LogP contribution in [0.2, 0.25) is 0 Å². The van der Waals surface area contributed by atoms with E-state index in [0.29, 0.717) is 0 Å². The molecule has 0 aromatic carbocycles. The summed E-state index contributed by atoms with van der Waals surface area (Å²) in [5.41, 5.74) is 0. The van der Waals surface area contributed by atoms with Crippen molar-refractivity contribution in [2.45, 2.75) is 19.8 Å². The summed E-state index contributed by atoms with van der Waals surface area (Å²) in [4.78, 5) is 2.56.